The van der Waals surface area contributed by atoms with Crippen LogP contribution in [-0.4, -0.2) is 49.5 Å². The number of hydrogen-bond donors (Lipinski definition) is 0. The van der Waals surface area contributed by atoms with Gasteiger partial charge in [0.1, 0.15) is 5.60 Å². The van der Waals surface area contributed by atoms with Crippen molar-refractivity contribution in [2.75, 3.05) is 13.2 Å². The molecular formula is C13H23F2NO5S. The number of hydrogen-bond acceptors (Lipinski definition) is 5. The number of carbonyl (C=O) groups excluding carboxylic acids is 1. The molecule has 0 spiro atoms. The zero-order valence-corrected chi connectivity index (χ0v) is 14.1. The lowest BCUT2D eigenvalue weighted by Gasteiger charge is -2.36. The van der Waals surface area contributed by atoms with Gasteiger partial charge in [-0.1, -0.05) is 0 Å². The topological polar surface area (TPSA) is 72.9 Å². The van der Waals surface area contributed by atoms with Gasteiger partial charge in [-0.15, -0.1) is 0 Å². The van der Waals surface area contributed by atoms with Crippen LogP contribution in [0.1, 0.15) is 47.0 Å². The Kier molecular flexibility index (Phi) is 5.77. The highest BCUT2D eigenvalue weighted by atomic mass is 32.2. The summed E-state index contributed by atoms with van der Waals surface area (Å²) >= 11 is 0. The van der Waals surface area contributed by atoms with E-state index in [9.17, 15) is 22.0 Å². The predicted octanol–water partition coefficient (Wildman–Crippen LogP) is 2.74. The van der Waals surface area contributed by atoms with Crippen molar-refractivity contribution in [3.8, 4) is 0 Å². The van der Waals surface area contributed by atoms with Crippen molar-refractivity contribution in [1.29, 1.82) is 0 Å². The van der Waals surface area contributed by atoms with Crippen LogP contribution in [-0.2, 0) is 19.0 Å². The van der Waals surface area contributed by atoms with Crippen LogP contribution in [0.4, 0.5) is 13.6 Å². The number of amides is 1. The number of halogens is 2. The molecule has 0 saturated carbocycles. The molecule has 1 saturated heterocycles. The minimum Gasteiger partial charge on any atom is -0.444 e. The summed E-state index contributed by atoms with van der Waals surface area (Å²) in [6, 6.07) is -0.597. The van der Waals surface area contributed by atoms with Crippen LogP contribution in [0.25, 0.3) is 0 Å². The van der Waals surface area contributed by atoms with Gasteiger partial charge >= 0.3 is 21.5 Å². The van der Waals surface area contributed by atoms with Gasteiger partial charge in [0.15, 0.2) is 0 Å². The van der Waals surface area contributed by atoms with Crippen LogP contribution < -0.4 is 0 Å². The predicted molar refractivity (Wildman–Crippen MR) is 76.1 cm³/mol. The quantitative estimate of drug-likeness (QED) is 0.734. The summed E-state index contributed by atoms with van der Waals surface area (Å²) < 4.78 is 58.1. The van der Waals surface area contributed by atoms with E-state index < -0.39 is 39.7 Å². The second-order valence-corrected chi connectivity index (χ2v) is 8.23. The van der Waals surface area contributed by atoms with Crippen molar-refractivity contribution in [3.05, 3.63) is 0 Å². The standard InChI is InChI=1S/C13H23F2NO5S/c1-12(2,3)21-11(17)16-8-6-5-7-10(16)9-20-22(18,19)13(4,14)15/h10H,5-9H2,1-4H3. The van der Waals surface area contributed by atoms with Gasteiger partial charge < -0.3 is 9.64 Å². The first kappa shape index (κ1) is 19.1. The van der Waals surface area contributed by atoms with E-state index in [1.807, 2.05) is 0 Å². The zero-order valence-electron chi connectivity index (χ0n) is 13.3. The molecule has 0 aromatic rings. The van der Waals surface area contributed by atoms with E-state index >= 15 is 0 Å². The molecule has 0 N–H and O–H groups in total. The average molecular weight is 343 g/mol. The van der Waals surface area contributed by atoms with Crippen molar-refractivity contribution in [2.45, 2.75) is 63.9 Å². The summed E-state index contributed by atoms with van der Waals surface area (Å²) in [7, 11) is -4.99. The fourth-order valence-corrected chi connectivity index (χ4v) is 2.55. The highest BCUT2D eigenvalue weighted by molar-refractivity contribution is 7.87. The van der Waals surface area contributed by atoms with Gasteiger partial charge in [0.2, 0.25) is 0 Å². The molecule has 1 fully saturated rings. The molecule has 1 heterocycles. The Morgan fingerprint density at radius 1 is 1.23 bits per heavy atom. The first-order valence-electron chi connectivity index (χ1n) is 7.10. The van der Waals surface area contributed by atoms with Crippen LogP contribution in [0, 0.1) is 0 Å². The van der Waals surface area contributed by atoms with E-state index in [2.05, 4.69) is 4.18 Å². The van der Waals surface area contributed by atoms with Crippen LogP contribution >= 0.6 is 0 Å². The SMILES string of the molecule is CC(C)(C)OC(=O)N1CCCCC1COS(=O)(=O)C(C)(F)F. The van der Waals surface area contributed by atoms with Crippen molar-refractivity contribution in [3.63, 3.8) is 0 Å². The summed E-state index contributed by atoms with van der Waals surface area (Å²) in [6.45, 7) is 5.28. The van der Waals surface area contributed by atoms with Gasteiger partial charge in [-0.3, -0.25) is 4.18 Å². The molecule has 130 valence electrons. The molecule has 1 rings (SSSR count). The molecule has 6 nitrogen and oxygen atoms in total. The van der Waals surface area contributed by atoms with E-state index in [1.54, 1.807) is 20.8 Å². The molecular weight excluding hydrogens is 320 g/mol. The van der Waals surface area contributed by atoms with Gasteiger partial charge in [0.05, 0.1) is 12.6 Å². The molecule has 0 aromatic heterocycles. The lowest BCUT2D eigenvalue weighted by Crippen LogP contribution is -2.48. The monoisotopic (exact) mass is 343 g/mol. The Morgan fingerprint density at radius 3 is 2.32 bits per heavy atom. The largest absolute Gasteiger partial charge is 0.444 e. The molecule has 22 heavy (non-hydrogen) atoms. The first-order valence-corrected chi connectivity index (χ1v) is 8.51. The van der Waals surface area contributed by atoms with Crippen molar-refractivity contribution in [2.24, 2.45) is 0 Å². The van der Waals surface area contributed by atoms with E-state index in [-0.39, 0.29) is 6.92 Å². The third kappa shape index (κ3) is 5.35. The lowest BCUT2D eigenvalue weighted by atomic mass is 10.0. The number of alkyl halides is 2. The normalized spacial score (nSPS) is 20.8. The number of carbonyl (C=O) groups is 1. The smallest absolute Gasteiger partial charge is 0.410 e. The van der Waals surface area contributed by atoms with Crippen LogP contribution in [0.5, 0.6) is 0 Å². The van der Waals surface area contributed by atoms with Gasteiger partial charge in [0.25, 0.3) is 0 Å². The van der Waals surface area contributed by atoms with E-state index in [1.165, 1.54) is 4.90 Å². The first-order chi connectivity index (χ1) is 9.83. The Bertz CT molecular complexity index is 496. The summed E-state index contributed by atoms with van der Waals surface area (Å²) in [5.41, 5.74) is -0.692. The number of nitrogens with zero attached hydrogens (tertiary/aromatic N) is 1. The highest BCUT2D eigenvalue weighted by Crippen LogP contribution is 2.25. The maximum atomic E-state index is 12.9. The fourth-order valence-electron chi connectivity index (χ4n) is 2.01. The molecule has 1 aliphatic heterocycles. The number of likely N-dealkylation sites (tertiary alicyclic amines) is 1. The summed E-state index contributed by atoms with van der Waals surface area (Å²) in [5, 5.41) is -3.97. The van der Waals surface area contributed by atoms with Crippen molar-refractivity contribution >= 4 is 16.2 Å². The number of rotatable bonds is 4. The maximum absolute atomic E-state index is 12.9. The Morgan fingerprint density at radius 2 is 1.82 bits per heavy atom. The van der Waals surface area contributed by atoms with Crippen molar-refractivity contribution in [1.82, 2.24) is 4.90 Å². The number of piperidine rings is 1. The molecule has 0 bridgehead atoms. The molecule has 0 aromatic carbocycles. The average Bonchev–Trinajstić information content (AvgIpc) is 2.33. The third-order valence-electron chi connectivity index (χ3n) is 3.11. The van der Waals surface area contributed by atoms with Crippen LogP contribution in [0.2, 0.25) is 0 Å². The molecule has 1 amide bonds. The van der Waals surface area contributed by atoms with Crippen LogP contribution in [0.3, 0.4) is 0 Å². The van der Waals surface area contributed by atoms with Gasteiger partial charge in [-0.05, 0) is 40.0 Å². The second-order valence-electron chi connectivity index (χ2n) is 6.37. The minimum absolute atomic E-state index is 0.259. The second kappa shape index (κ2) is 6.66. The lowest BCUT2D eigenvalue weighted by molar-refractivity contribution is 0.00253. The van der Waals surface area contributed by atoms with Crippen LogP contribution in [0.15, 0.2) is 0 Å². The van der Waals surface area contributed by atoms with Gasteiger partial charge in [-0.2, -0.15) is 17.2 Å². The zero-order chi connectivity index (χ0) is 17.2. The molecule has 1 aliphatic rings. The Balaban J connectivity index is 2.73. The minimum atomic E-state index is -4.99. The summed E-state index contributed by atoms with van der Waals surface area (Å²) in [6.07, 6.45) is 1.38. The van der Waals surface area contributed by atoms with E-state index in [0.29, 0.717) is 13.0 Å². The van der Waals surface area contributed by atoms with E-state index in [0.717, 1.165) is 12.8 Å². The fraction of sp³-hybridized carbons (Fsp3) is 0.923. The summed E-state index contributed by atoms with van der Waals surface area (Å²) in [5.74, 6) is 0. The van der Waals surface area contributed by atoms with Gasteiger partial charge in [-0.25, -0.2) is 4.79 Å². The third-order valence-corrected chi connectivity index (χ3v) is 4.43. The molecule has 0 radical (unpaired) electrons. The summed E-state index contributed by atoms with van der Waals surface area (Å²) in [4.78, 5) is 13.4. The molecule has 9 heteroatoms. The Labute approximate surface area is 129 Å². The van der Waals surface area contributed by atoms with E-state index in [4.69, 9.17) is 4.74 Å². The molecule has 1 atom stereocenters. The Hall–Kier alpha value is -0.960. The van der Waals surface area contributed by atoms with Crippen molar-refractivity contribution < 1.29 is 30.9 Å². The number of ether oxygens (including phenoxy) is 1. The molecule has 1 unspecified atom stereocenters. The molecule has 0 aliphatic carbocycles. The highest BCUT2D eigenvalue weighted by Gasteiger charge is 2.42. The maximum Gasteiger partial charge on any atom is 0.410 e. The van der Waals surface area contributed by atoms with Gasteiger partial charge in [0, 0.05) is 13.5 Å².